The highest BCUT2D eigenvalue weighted by molar-refractivity contribution is 8.00. The molecular weight excluding hydrogens is 352 g/mol. The third kappa shape index (κ3) is 3.27. The van der Waals surface area contributed by atoms with Crippen LogP contribution in [-0.2, 0) is 9.59 Å². The minimum Gasteiger partial charge on any atom is -0.274 e. The number of benzene rings is 2. The number of carbonyl (C=O) groups is 2. The molecule has 1 heterocycles. The zero-order chi connectivity index (χ0) is 17.3. The van der Waals surface area contributed by atoms with Crippen molar-refractivity contribution in [3.63, 3.8) is 0 Å². The number of rotatable bonds is 4. The molecule has 0 aromatic heterocycles. The van der Waals surface area contributed by atoms with Crippen LogP contribution in [0.1, 0.15) is 6.42 Å². The quantitative estimate of drug-likeness (QED) is 0.471. The minimum atomic E-state index is -0.531. The van der Waals surface area contributed by atoms with Crippen LogP contribution in [0.4, 0.5) is 11.4 Å². The Morgan fingerprint density at radius 2 is 1.71 bits per heavy atom. The second-order valence-electron chi connectivity index (χ2n) is 5.11. The van der Waals surface area contributed by atoms with Gasteiger partial charge in [-0.1, -0.05) is 11.6 Å². The predicted octanol–water partition coefficient (Wildman–Crippen LogP) is 3.67. The van der Waals surface area contributed by atoms with Gasteiger partial charge in [0.15, 0.2) is 0 Å². The molecule has 122 valence electrons. The minimum absolute atomic E-state index is 0.0864. The van der Waals surface area contributed by atoms with Crippen molar-refractivity contribution < 1.29 is 14.5 Å². The van der Waals surface area contributed by atoms with Gasteiger partial charge < -0.3 is 0 Å². The van der Waals surface area contributed by atoms with Gasteiger partial charge in [-0.25, -0.2) is 4.90 Å². The van der Waals surface area contributed by atoms with Crippen LogP contribution in [0.2, 0.25) is 5.02 Å². The molecule has 0 aliphatic carbocycles. The van der Waals surface area contributed by atoms with Gasteiger partial charge in [-0.2, -0.15) is 0 Å². The molecule has 1 atom stereocenters. The molecule has 0 unspecified atom stereocenters. The highest BCUT2D eigenvalue weighted by Gasteiger charge is 2.40. The number of nitro groups is 1. The average Bonchev–Trinajstić information content (AvgIpc) is 2.83. The zero-order valence-corrected chi connectivity index (χ0v) is 13.8. The molecule has 0 bridgehead atoms. The van der Waals surface area contributed by atoms with E-state index in [1.165, 1.54) is 36.0 Å². The van der Waals surface area contributed by atoms with Crippen LogP contribution < -0.4 is 4.90 Å². The maximum Gasteiger partial charge on any atom is 0.269 e. The standard InChI is InChI=1S/C16H11ClN2O4S/c17-10-1-7-13(8-2-10)24-14-9-15(20)18(16(14)21)11-3-5-12(6-4-11)19(22)23/h1-8,14H,9H2/t14-/m1/s1. The van der Waals surface area contributed by atoms with Crippen LogP contribution in [0.5, 0.6) is 0 Å². The van der Waals surface area contributed by atoms with Crippen LogP contribution in [0.15, 0.2) is 53.4 Å². The number of carbonyl (C=O) groups excluding carboxylic acids is 2. The lowest BCUT2D eigenvalue weighted by Gasteiger charge is -2.14. The van der Waals surface area contributed by atoms with E-state index in [2.05, 4.69) is 0 Å². The fraction of sp³-hybridized carbons (Fsp3) is 0.125. The molecule has 1 fully saturated rings. The molecular formula is C16H11ClN2O4S. The Balaban J connectivity index is 1.78. The lowest BCUT2D eigenvalue weighted by Crippen LogP contribution is -2.31. The fourth-order valence-electron chi connectivity index (χ4n) is 2.37. The first-order valence-electron chi connectivity index (χ1n) is 6.99. The van der Waals surface area contributed by atoms with Crippen molar-refractivity contribution in [3.05, 3.63) is 63.7 Å². The van der Waals surface area contributed by atoms with E-state index in [1.54, 1.807) is 24.3 Å². The normalized spacial score (nSPS) is 17.4. The summed E-state index contributed by atoms with van der Waals surface area (Å²) in [6, 6.07) is 12.4. The zero-order valence-electron chi connectivity index (χ0n) is 12.2. The fourth-order valence-corrected chi connectivity index (χ4v) is 3.55. The van der Waals surface area contributed by atoms with Gasteiger partial charge in [-0.15, -0.1) is 11.8 Å². The molecule has 0 spiro atoms. The van der Waals surface area contributed by atoms with Crippen LogP contribution in [0.25, 0.3) is 0 Å². The van der Waals surface area contributed by atoms with Crippen molar-refractivity contribution in [2.24, 2.45) is 0 Å². The molecule has 0 saturated carbocycles. The summed E-state index contributed by atoms with van der Waals surface area (Å²) >= 11 is 7.13. The number of imide groups is 1. The van der Waals surface area contributed by atoms with Gasteiger partial charge in [0, 0.05) is 28.5 Å². The van der Waals surface area contributed by atoms with Crippen molar-refractivity contribution in [2.75, 3.05) is 4.90 Å². The number of nitrogens with zero attached hydrogens (tertiary/aromatic N) is 2. The Morgan fingerprint density at radius 3 is 2.29 bits per heavy atom. The summed E-state index contributed by atoms with van der Waals surface area (Å²) in [5.41, 5.74) is 0.250. The second-order valence-corrected chi connectivity index (χ2v) is 6.82. The van der Waals surface area contributed by atoms with Gasteiger partial charge in [-0.3, -0.25) is 19.7 Å². The van der Waals surface area contributed by atoms with Crippen LogP contribution in [0.3, 0.4) is 0 Å². The molecule has 0 radical (unpaired) electrons. The topological polar surface area (TPSA) is 80.5 Å². The Kier molecular flexibility index (Phi) is 4.55. The Morgan fingerprint density at radius 1 is 1.08 bits per heavy atom. The van der Waals surface area contributed by atoms with Crippen LogP contribution in [0, 0.1) is 10.1 Å². The number of amides is 2. The van der Waals surface area contributed by atoms with Gasteiger partial charge in [0.1, 0.15) is 0 Å². The van der Waals surface area contributed by atoms with Crippen molar-refractivity contribution in [1.29, 1.82) is 0 Å². The lowest BCUT2D eigenvalue weighted by atomic mass is 10.2. The first-order chi connectivity index (χ1) is 11.5. The first-order valence-corrected chi connectivity index (χ1v) is 8.25. The maximum atomic E-state index is 12.5. The van der Waals surface area contributed by atoms with Gasteiger partial charge in [0.25, 0.3) is 5.69 Å². The number of hydrogen-bond donors (Lipinski definition) is 0. The van der Waals surface area contributed by atoms with E-state index < -0.39 is 10.2 Å². The van der Waals surface area contributed by atoms with Crippen molar-refractivity contribution in [1.82, 2.24) is 0 Å². The molecule has 1 saturated heterocycles. The summed E-state index contributed by atoms with van der Waals surface area (Å²) in [5.74, 6) is -0.644. The van der Waals surface area contributed by atoms with Gasteiger partial charge >= 0.3 is 0 Å². The summed E-state index contributed by atoms with van der Waals surface area (Å²) in [6.07, 6.45) is 0.0864. The van der Waals surface area contributed by atoms with Gasteiger partial charge in [-0.05, 0) is 36.4 Å². The van der Waals surface area contributed by atoms with Gasteiger partial charge in [0.2, 0.25) is 11.8 Å². The number of halogens is 1. The summed E-state index contributed by atoms with van der Waals surface area (Å²) in [6.45, 7) is 0. The third-order valence-corrected chi connectivity index (χ3v) is 4.97. The van der Waals surface area contributed by atoms with E-state index in [-0.39, 0.29) is 23.9 Å². The molecule has 0 N–H and O–H groups in total. The molecule has 2 amide bonds. The van der Waals surface area contributed by atoms with Crippen molar-refractivity contribution >= 4 is 46.6 Å². The molecule has 2 aromatic carbocycles. The van der Waals surface area contributed by atoms with E-state index in [0.29, 0.717) is 10.7 Å². The van der Waals surface area contributed by atoms with E-state index in [0.717, 1.165) is 9.80 Å². The van der Waals surface area contributed by atoms with Crippen molar-refractivity contribution in [2.45, 2.75) is 16.6 Å². The number of anilines is 1. The van der Waals surface area contributed by atoms with Gasteiger partial charge in [0.05, 0.1) is 15.9 Å². The number of hydrogen-bond acceptors (Lipinski definition) is 5. The molecule has 6 nitrogen and oxygen atoms in total. The Hall–Kier alpha value is -2.38. The lowest BCUT2D eigenvalue weighted by molar-refractivity contribution is -0.384. The molecule has 8 heteroatoms. The first kappa shape index (κ1) is 16.5. The largest absolute Gasteiger partial charge is 0.274 e. The highest BCUT2D eigenvalue weighted by atomic mass is 35.5. The Bertz CT molecular complexity index is 808. The van der Waals surface area contributed by atoms with Crippen LogP contribution >= 0.6 is 23.4 Å². The molecule has 24 heavy (non-hydrogen) atoms. The third-order valence-electron chi connectivity index (χ3n) is 3.52. The predicted molar refractivity (Wildman–Crippen MR) is 91.3 cm³/mol. The summed E-state index contributed by atoms with van der Waals surface area (Å²) in [5, 5.41) is 10.8. The molecule has 1 aliphatic rings. The summed E-state index contributed by atoms with van der Waals surface area (Å²) < 4.78 is 0. The highest BCUT2D eigenvalue weighted by Crippen LogP contribution is 2.34. The van der Waals surface area contributed by atoms with Crippen molar-refractivity contribution in [3.8, 4) is 0 Å². The second kappa shape index (κ2) is 6.62. The summed E-state index contributed by atoms with van der Waals surface area (Å²) in [4.78, 5) is 36.8. The van der Waals surface area contributed by atoms with Crippen LogP contribution in [-0.4, -0.2) is 22.0 Å². The molecule has 2 aromatic rings. The Labute approximate surface area is 146 Å². The SMILES string of the molecule is O=C1C[C@@H](Sc2ccc(Cl)cc2)C(=O)N1c1ccc([N+](=O)[O-])cc1. The number of thioether (sulfide) groups is 1. The number of nitro benzene ring substituents is 1. The van der Waals surface area contributed by atoms with E-state index in [1.807, 2.05) is 0 Å². The summed E-state index contributed by atoms with van der Waals surface area (Å²) in [7, 11) is 0. The number of non-ortho nitro benzene ring substituents is 1. The van der Waals surface area contributed by atoms with E-state index >= 15 is 0 Å². The van der Waals surface area contributed by atoms with E-state index in [9.17, 15) is 19.7 Å². The smallest absolute Gasteiger partial charge is 0.269 e. The molecule has 1 aliphatic heterocycles. The average molecular weight is 363 g/mol. The van der Waals surface area contributed by atoms with E-state index in [4.69, 9.17) is 11.6 Å². The maximum absolute atomic E-state index is 12.5. The monoisotopic (exact) mass is 362 g/mol. The molecule has 3 rings (SSSR count).